The van der Waals surface area contributed by atoms with Gasteiger partial charge in [0.25, 0.3) is 0 Å². The van der Waals surface area contributed by atoms with Crippen LogP contribution in [0.1, 0.15) is 5.69 Å². The third-order valence-corrected chi connectivity index (χ3v) is 3.38. The van der Waals surface area contributed by atoms with Crippen LogP contribution in [0.4, 0.5) is 5.82 Å². The number of halogens is 1. The Morgan fingerprint density at radius 3 is 3.11 bits per heavy atom. The highest BCUT2D eigenvalue weighted by Crippen LogP contribution is 2.18. The van der Waals surface area contributed by atoms with Crippen molar-refractivity contribution in [1.29, 1.82) is 0 Å². The lowest BCUT2D eigenvalue weighted by atomic mass is 10.3. The lowest BCUT2D eigenvalue weighted by molar-refractivity contribution is 0.129. The smallest absolute Gasteiger partial charge is 0.193 e. The van der Waals surface area contributed by atoms with Crippen LogP contribution in [0.3, 0.4) is 0 Å². The summed E-state index contributed by atoms with van der Waals surface area (Å²) in [7, 11) is 1.63. The molecule has 0 bridgehead atoms. The first kappa shape index (κ1) is 13.4. The van der Waals surface area contributed by atoms with E-state index in [4.69, 9.17) is 9.84 Å². The highest BCUT2D eigenvalue weighted by atomic mass is 79.9. The van der Waals surface area contributed by atoms with Gasteiger partial charge in [-0.1, -0.05) is 15.9 Å². The maximum Gasteiger partial charge on any atom is 0.193 e. The van der Waals surface area contributed by atoms with Gasteiger partial charge >= 0.3 is 0 Å². The first-order chi connectivity index (χ1) is 8.72. The average Bonchev–Trinajstić information content (AvgIpc) is 2.76. The molecule has 2 aromatic rings. The van der Waals surface area contributed by atoms with Crippen molar-refractivity contribution < 1.29 is 9.84 Å². The first-order valence-electron chi connectivity index (χ1n) is 5.18. The molecule has 0 saturated heterocycles. The summed E-state index contributed by atoms with van der Waals surface area (Å²) in [6.07, 6.45) is 1.90. The molecular formula is C11H12BrN3O2S. The number of pyridine rings is 1. The average molecular weight is 330 g/mol. The molecule has 0 unspecified atom stereocenters. The second kappa shape index (κ2) is 6.24. The van der Waals surface area contributed by atoms with E-state index in [0.717, 1.165) is 9.27 Å². The molecule has 96 valence electrons. The zero-order valence-corrected chi connectivity index (χ0v) is 12.1. The fourth-order valence-electron chi connectivity index (χ4n) is 1.40. The van der Waals surface area contributed by atoms with Crippen molar-refractivity contribution in [2.75, 3.05) is 7.11 Å². The van der Waals surface area contributed by atoms with Crippen molar-refractivity contribution in [3.05, 3.63) is 38.7 Å². The summed E-state index contributed by atoms with van der Waals surface area (Å²) >= 11 is 4.87. The van der Waals surface area contributed by atoms with Gasteiger partial charge in [-0.05, 0) is 12.1 Å². The molecule has 2 heterocycles. The molecule has 18 heavy (non-hydrogen) atoms. The molecule has 2 aromatic heterocycles. The van der Waals surface area contributed by atoms with Crippen molar-refractivity contribution in [2.24, 2.45) is 4.99 Å². The lowest BCUT2D eigenvalue weighted by Gasteiger charge is -2.01. The Labute approximate surface area is 117 Å². The summed E-state index contributed by atoms with van der Waals surface area (Å²) in [5.41, 5.74) is 0.581. The molecule has 0 atom stereocenters. The van der Waals surface area contributed by atoms with Crippen LogP contribution in [0.15, 0.2) is 33.2 Å². The Kier molecular flexibility index (Phi) is 4.65. The van der Waals surface area contributed by atoms with Crippen LogP contribution in [0.25, 0.3) is 0 Å². The third kappa shape index (κ3) is 3.26. The van der Waals surface area contributed by atoms with E-state index >= 15 is 0 Å². The topological polar surface area (TPSA) is 59.6 Å². The first-order valence-corrected chi connectivity index (χ1v) is 6.85. The minimum Gasteiger partial charge on any atom is -0.390 e. The number of aromatic nitrogens is 2. The fourth-order valence-corrected chi connectivity index (χ4v) is 2.59. The van der Waals surface area contributed by atoms with E-state index in [1.165, 1.54) is 11.3 Å². The molecule has 0 aliphatic carbocycles. The predicted molar refractivity (Wildman–Crippen MR) is 72.4 cm³/mol. The Balaban J connectivity index is 2.42. The molecule has 0 spiro atoms. The van der Waals surface area contributed by atoms with Gasteiger partial charge in [-0.15, -0.1) is 11.3 Å². The van der Waals surface area contributed by atoms with Crippen LogP contribution < -0.4 is 4.80 Å². The van der Waals surface area contributed by atoms with Crippen LogP contribution in [0.2, 0.25) is 0 Å². The number of ether oxygens (including phenoxy) is 1. The molecule has 0 saturated carbocycles. The number of hydrogen-bond donors (Lipinski definition) is 1. The van der Waals surface area contributed by atoms with E-state index in [1.54, 1.807) is 19.2 Å². The van der Waals surface area contributed by atoms with E-state index in [2.05, 4.69) is 25.9 Å². The molecule has 0 aromatic carbocycles. The molecule has 2 rings (SSSR count). The van der Waals surface area contributed by atoms with Gasteiger partial charge in [0.2, 0.25) is 0 Å². The van der Waals surface area contributed by atoms with Gasteiger partial charge in [-0.2, -0.15) is 0 Å². The number of rotatable bonds is 4. The van der Waals surface area contributed by atoms with Gasteiger partial charge in [-0.25, -0.2) is 9.98 Å². The van der Waals surface area contributed by atoms with Crippen molar-refractivity contribution in [2.45, 2.75) is 13.3 Å². The highest BCUT2D eigenvalue weighted by Gasteiger charge is 2.01. The number of aliphatic hydroxyl groups excluding tert-OH is 1. The van der Waals surface area contributed by atoms with Gasteiger partial charge in [0, 0.05) is 23.2 Å². The van der Waals surface area contributed by atoms with Gasteiger partial charge < -0.3 is 9.84 Å². The Hall–Kier alpha value is -1.02. The van der Waals surface area contributed by atoms with E-state index in [1.807, 2.05) is 16.1 Å². The minimum atomic E-state index is -0.107. The molecule has 0 fully saturated rings. The standard InChI is InChI=1S/C11H12BrN3O2S/c1-17-7-15-2-3-18-11(15)14-10-5-8(12)4-9(6-16)13-10/h2-5,16H,6-7H2,1H3. The zero-order valence-electron chi connectivity index (χ0n) is 9.71. The monoisotopic (exact) mass is 329 g/mol. The van der Waals surface area contributed by atoms with Gasteiger partial charge in [0.05, 0.1) is 12.3 Å². The fraction of sp³-hybridized carbons (Fsp3) is 0.273. The lowest BCUT2D eigenvalue weighted by Crippen LogP contribution is -2.14. The molecule has 0 amide bonds. The summed E-state index contributed by atoms with van der Waals surface area (Å²) in [4.78, 5) is 9.47. The number of methoxy groups -OCH3 is 1. The SMILES string of the molecule is COCn1ccsc1=Nc1cc(Br)cc(CO)n1. The van der Waals surface area contributed by atoms with Crippen LogP contribution in [0, 0.1) is 0 Å². The second-order valence-electron chi connectivity index (χ2n) is 3.48. The summed E-state index contributed by atoms with van der Waals surface area (Å²) in [6, 6.07) is 3.56. The second-order valence-corrected chi connectivity index (χ2v) is 5.27. The molecule has 0 aliphatic heterocycles. The minimum absolute atomic E-state index is 0.107. The largest absolute Gasteiger partial charge is 0.390 e. The van der Waals surface area contributed by atoms with E-state index in [-0.39, 0.29) is 6.61 Å². The van der Waals surface area contributed by atoms with Crippen LogP contribution in [-0.4, -0.2) is 21.8 Å². The van der Waals surface area contributed by atoms with Crippen molar-refractivity contribution >= 4 is 33.1 Å². The molecular weight excluding hydrogens is 318 g/mol. The Morgan fingerprint density at radius 1 is 1.56 bits per heavy atom. The number of nitrogens with zero attached hydrogens (tertiary/aromatic N) is 3. The van der Waals surface area contributed by atoms with Gasteiger partial charge in [0.1, 0.15) is 6.73 Å². The van der Waals surface area contributed by atoms with Crippen molar-refractivity contribution in [1.82, 2.24) is 9.55 Å². The van der Waals surface area contributed by atoms with Crippen LogP contribution in [0.5, 0.6) is 0 Å². The van der Waals surface area contributed by atoms with Gasteiger partial charge in [-0.3, -0.25) is 4.57 Å². The Bertz CT molecular complexity index is 594. The number of aliphatic hydroxyl groups is 1. The molecule has 5 nitrogen and oxygen atoms in total. The Morgan fingerprint density at radius 2 is 2.39 bits per heavy atom. The normalized spacial score (nSPS) is 12.1. The molecule has 7 heteroatoms. The maximum atomic E-state index is 9.10. The van der Waals surface area contributed by atoms with E-state index < -0.39 is 0 Å². The zero-order chi connectivity index (χ0) is 13.0. The van der Waals surface area contributed by atoms with Gasteiger partial charge in [0.15, 0.2) is 10.6 Å². The molecule has 0 aliphatic rings. The van der Waals surface area contributed by atoms with E-state index in [9.17, 15) is 0 Å². The number of hydrogen-bond acceptors (Lipinski definition) is 5. The van der Waals surface area contributed by atoms with Crippen LogP contribution in [-0.2, 0) is 18.1 Å². The predicted octanol–water partition coefficient (Wildman–Crippen LogP) is 2.04. The van der Waals surface area contributed by atoms with Crippen molar-refractivity contribution in [3.63, 3.8) is 0 Å². The summed E-state index contributed by atoms with van der Waals surface area (Å²) in [5, 5.41) is 11.0. The van der Waals surface area contributed by atoms with E-state index in [0.29, 0.717) is 18.2 Å². The third-order valence-electron chi connectivity index (χ3n) is 2.13. The summed E-state index contributed by atoms with van der Waals surface area (Å²) in [6.45, 7) is 0.341. The molecule has 1 N–H and O–H groups in total. The van der Waals surface area contributed by atoms with Crippen molar-refractivity contribution in [3.8, 4) is 0 Å². The number of thiazole rings is 1. The summed E-state index contributed by atoms with van der Waals surface area (Å²) in [5.74, 6) is 0.556. The maximum absolute atomic E-state index is 9.10. The quantitative estimate of drug-likeness (QED) is 0.933. The van der Waals surface area contributed by atoms with Crippen LogP contribution >= 0.6 is 27.3 Å². The summed E-state index contributed by atoms with van der Waals surface area (Å²) < 4.78 is 7.80. The highest BCUT2D eigenvalue weighted by molar-refractivity contribution is 9.10. The molecule has 0 radical (unpaired) electrons.